The van der Waals surface area contributed by atoms with Crippen LogP contribution in [-0.2, 0) is 13.0 Å². The van der Waals surface area contributed by atoms with E-state index in [0.29, 0.717) is 11.9 Å². The fourth-order valence-corrected chi connectivity index (χ4v) is 2.49. The van der Waals surface area contributed by atoms with Crippen molar-refractivity contribution < 1.29 is 9.63 Å². The van der Waals surface area contributed by atoms with Crippen LogP contribution in [0.1, 0.15) is 32.0 Å². The van der Waals surface area contributed by atoms with Gasteiger partial charge in [-0.2, -0.15) is 4.98 Å². The molecule has 0 radical (unpaired) electrons. The first-order valence-electron chi connectivity index (χ1n) is 7.15. The first kappa shape index (κ1) is 14.4. The quantitative estimate of drug-likeness (QED) is 0.811. The zero-order chi connectivity index (χ0) is 13.7. The molecular weight excluding hydrogens is 244 g/mol. The fraction of sp³-hybridized carbons (Fsp3) is 0.846. The largest absolute Gasteiger partial charge is 0.395 e. The minimum absolute atomic E-state index is 0.251. The zero-order valence-electron chi connectivity index (χ0n) is 11.9. The van der Waals surface area contributed by atoms with Crippen LogP contribution in [0, 0.1) is 0 Å². The van der Waals surface area contributed by atoms with Gasteiger partial charge in [0.05, 0.1) is 13.2 Å². The van der Waals surface area contributed by atoms with Crippen molar-refractivity contribution in [1.29, 1.82) is 0 Å². The Morgan fingerprint density at radius 1 is 1.26 bits per heavy atom. The van der Waals surface area contributed by atoms with Crippen molar-refractivity contribution in [2.45, 2.75) is 39.3 Å². The summed E-state index contributed by atoms with van der Waals surface area (Å²) in [5, 5.41) is 13.3. The Morgan fingerprint density at radius 2 is 2.00 bits per heavy atom. The van der Waals surface area contributed by atoms with Crippen LogP contribution in [-0.4, -0.2) is 63.9 Å². The minimum atomic E-state index is 0.251. The maximum Gasteiger partial charge on any atom is 0.226 e. The van der Waals surface area contributed by atoms with Gasteiger partial charge in [0, 0.05) is 38.6 Å². The predicted octanol–water partition coefficient (Wildman–Crippen LogP) is 0.520. The van der Waals surface area contributed by atoms with Crippen LogP contribution < -0.4 is 0 Å². The molecule has 1 atom stereocenters. The lowest BCUT2D eigenvalue weighted by molar-refractivity contribution is 0.0596. The number of piperazine rings is 1. The monoisotopic (exact) mass is 268 g/mol. The first-order valence-corrected chi connectivity index (χ1v) is 7.15. The van der Waals surface area contributed by atoms with Gasteiger partial charge >= 0.3 is 0 Å². The molecule has 1 aromatic heterocycles. The highest BCUT2D eigenvalue weighted by Crippen LogP contribution is 2.11. The van der Waals surface area contributed by atoms with E-state index in [1.54, 1.807) is 0 Å². The average molecular weight is 268 g/mol. The third kappa shape index (κ3) is 3.75. The molecular formula is C13H24N4O2. The molecule has 1 unspecified atom stereocenters. The summed E-state index contributed by atoms with van der Waals surface area (Å²) in [6, 6.07) is 0.305. The molecule has 1 N–H and O–H groups in total. The van der Waals surface area contributed by atoms with Gasteiger partial charge in [-0.1, -0.05) is 19.0 Å². The summed E-state index contributed by atoms with van der Waals surface area (Å²) in [4.78, 5) is 9.04. The number of aryl methyl sites for hydroxylation is 1. The molecule has 6 heteroatoms. The van der Waals surface area contributed by atoms with E-state index < -0.39 is 0 Å². The van der Waals surface area contributed by atoms with Gasteiger partial charge in [0.1, 0.15) is 0 Å². The second-order valence-corrected chi connectivity index (χ2v) is 5.01. The lowest BCUT2D eigenvalue weighted by Gasteiger charge is -2.37. The summed E-state index contributed by atoms with van der Waals surface area (Å²) in [6.07, 6.45) is 1.79. The number of aliphatic hydroxyl groups is 1. The van der Waals surface area contributed by atoms with Gasteiger partial charge in [0.15, 0.2) is 5.82 Å². The lowest BCUT2D eigenvalue weighted by Crippen LogP contribution is -2.50. The summed E-state index contributed by atoms with van der Waals surface area (Å²) >= 11 is 0. The topological polar surface area (TPSA) is 65.6 Å². The van der Waals surface area contributed by atoms with Crippen LogP contribution in [0.15, 0.2) is 4.52 Å². The molecule has 2 heterocycles. The molecule has 1 aromatic rings. The van der Waals surface area contributed by atoms with Gasteiger partial charge in [0.2, 0.25) is 5.89 Å². The standard InChI is InChI=1S/C13H24N4O2/c1-3-11(10-18)17-7-5-16(6-8-17)9-12-14-13(4-2)19-15-12/h11,18H,3-10H2,1-2H3. The Labute approximate surface area is 114 Å². The van der Waals surface area contributed by atoms with E-state index in [0.717, 1.165) is 51.4 Å². The lowest BCUT2D eigenvalue weighted by atomic mass is 10.1. The Hall–Kier alpha value is -0.980. The highest BCUT2D eigenvalue weighted by Gasteiger charge is 2.23. The molecule has 0 bridgehead atoms. The second kappa shape index (κ2) is 6.98. The van der Waals surface area contributed by atoms with Gasteiger partial charge in [-0.25, -0.2) is 0 Å². The van der Waals surface area contributed by atoms with Gasteiger partial charge < -0.3 is 9.63 Å². The SMILES string of the molecule is CCc1nc(CN2CCN(C(CC)CO)CC2)no1. The van der Waals surface area contributed by atoms with Crippen LogP contribution >= 0.6 is 0 Å². The normalized spacial score (nSPS) is 19.7. The Morgan fingerprint density at radius 3 is 2.53 bits per heavy atom. The van der Waals surface area contributed by atoms with Crippen LogP contribution in [0.2, 0.25) is 0 Å². The molecule has 1 aliphatic rings. The van der Waals surface area contributed by atoms with Crippen LogP contribution in [0.4, 0.5) is 0 Å². The molecule has 6 nitrogen and oxygen atoms in total. The van der Waals surface area contributed by atoms with Gasteiger partial charge in [0.25, 0.3) is 0 Å². The molecule has 1 fully saturated rings. The van der Waals surface area contributed by atoms with Crippen LogP contribution in [0.3, 0.4) is 0 Å². The summed E-state index contributed by atoms with van der Waals surface area (Å²) in [5.74, 6) is 1.49. The van der Waals surface area contributed by atoms with Crippen molar-refractivity contribution in [2.75, 3.05) is 32.8 Å². The molecule has 0 aromatic carbocycles. The summed E-state index contributed by atoms with van der Waals surface area (Å²) in [7, 11) is 0. The molecule has 2 rings (SSSR count). The Bertz CT molecular complexity index is 370. The number of hydrogen-bond acceptors (Lipinski definition) is 6. The maximum atomic E-state index is 9.32. The molecule has 1 saturated heterocycles. The molecule has 0 saturated carbocycles. The molecule has 1 aliphatic heterocycles. The third-order valence-electron chi connectivity index (χ3n) is 3.78. The van der Waals surface area contributed by atoms with E-state index in [1.165, 1.54) is 0 Å². The van der Waals surface area contributed by atoms with Crippen LogP contribution in [0.5, 0.6) is 0 Å². The summed E-state index contributed by atoms with van der Waals surface area (Å²) in [5.41, 5.74) is 0. The third-order valence-corrected chi connectivity index (χ3v) is 3.78. The van der Waals surface area contributed by atoms with Gasteiger partial charge in [-0.15, -0.1) is 0 Å². The molecule has 19 heavy (non-hydrogen) atoms. The molecule has 0 spiro atoms. The smallest absolute Gasteiger partial charge is 0.226 e. The number of rotatable bonds is 6. The van der Waals surface area contributed by atoms with Crippen LogP contribution in [0.25, 0.3) is 0 Å². The number of nitrogens with zero attached hydrogens (tertiary/aromatic N) is 4. The van der Waals surface area contributed by atoms with E-state index in [4.69, 9.17) is 4.52 Å². The summed E-state index contributed by atoms with van der Waals surface area (Å²) < 4.78 is 5.12. The Kier molecular flexibility index (Phi) is 5.30. The average Bonchev–Trinajstić information content (AvgIpc) is 2.90. The van der Waals surface area contributed by atoms with Gasteiger partial charge in [-0.3, -0.25) is 9.80 Å². The van der Waals surface area contributed by atoms with E-state index in [2.05, 4.69) is 26.9 Å². The highest BCUT2D eigenvalue weighted by molar-refractivity contribution is 4.87. The maximum absolute atomic E-state index is 9.32. The number of aliphatic hydroxyl groups excluding tert-OH is 1. The van der Waals surface area contributed by atoms with Crippen molar-refractivity contribution in [2.24, 2.45) is 0 Å². The Balaban J connectivity index is 1.80. The van der Waals surface area contributed by atoms with Crippen molar-refractivity contribution >= 4 is 0 Å². The summed E-state index contributed by atoms with van der Waals surface area (Å²) in [6.45, 7) is 9.12. The predicted molar refractivity (Wildman–Crippen MR) is 71.7 cm³/mol. The van der Waals surface area contributed by atoms with Crippen molar-refractivity contribution in [3.05, 3.63) is 11.7 Å². The number of hydrogen-bond donors (Lipinski definition) is 1. The number of aromatic nitrogens is 2. The van der Waals surface area contributed by atoms with Crippen molar-refractivity contribution in [1.82, 2.24) is 19.9 Å². The van der Waals surface area contributed by atoms with E-state index in [-0.39, 0.29) is 6.61 Å². The van der Waals surface area contributed by atoms with Crippen molar-refractivity contribution in [3.63, 3.8) is 0 Å². The second-order valence-electron chi connectivity index (χ2n) is 5.01. The van der Waals surface area contributed by atoms with E-state index >= 15 is 0 Å². The molecule has 108 valence electrons. The molecule has 0 amide bonds. The highest BCUT2D eigenvalue weighted by atomic mass is 16.5. The van der Waals surface area contributed by atoms with Gasteiger partial charge in [-0.05, 0) is 6.42 Å². The van der Waals surface area contributed by atoms with E-state index in [9.17, 15) is 5.11 Å². The molecule has 0 aliphatic carbocycles. The van der Waals surface area contributed by atoms with Crippen molar-refractivity contribution in [3.8, 4) is 0 Å². The fourth-order valence-electron chi connectivity index (χ4n) is 2.49. The minimum Gasteiger partial charge on any atom is -0.395 e. The zero-order valence-corrected chi connectivity index (χ0v) is 11.9. The first-order chi connectivity index (χ1) is 9.26. The van der Waals surface area contributed by atoms with E-state index in [1.807, 2.05) is 6.92 Å².